The van der Waals surface area contributed by atoms with Crippen LogP contribution >= 0.6 is 11.6 Å². The first-order valence-corrected chi connectivity index (χ1v) is 11.1. The molecule has 0 fully saturated rings. The molecule has 2 atom stereocenters. The van der Waals surface area contributed by atoms with E-state index in [1.807, 2.05) is 29.8 Å². The Balaban J connectivity index is 2.20. The highest BCUT2D eigenvalue weighted by atomic mass is 35.5. The number of nitrogens with zero attached hydrogens (tertiary/aromatic N) is 1. The van der Waals surface area contributed by atoms with Crippen LogP contribution in [0.5, 0.6) is 0 Å². The molecule has 8 heteroatoms. The van der Waals surface area contributed by atoms with E-state index >= 15 is 0 Å². The van der Waals surface area contributed by atoms with Crippen molar-refractivity contribution in [1.82, 2.24) is 4.57 Å². The van der Waals surface area contributed by atoms with Crippen molar-refractivity contribution in [2.24, 2.45) is 0 Å². The summed E-state index contributed by atoms with van der Waals surface area (Å²) < 4.78 is 56.0. The maximum absolute atomic E-state index is 13.2. The molecule has 1 aromatic heterocycles. The van der Waals surface area contributed by atoms with Crippen molar-refractivity contribution in [2.45, 2.75) is 37.9 Å². The van der Waals surface area contributed by atoms with Gasteiger partial charge in [0.2, 0.25) is 0 Å². The summed E-state index contributed by atoms with van der Waals surface area (Å²) in [7, 11) is -1.26. The molecule has 3 rings (SSSR count). The third-order valence-electron chi connectivity index (χ3n) is 5.24. The summed E-state index contributed by atoms with van der Waals surface area (Å²) in [5.74, 6) is 0. The molecule has 0 spiro atoms. The van der Waals surface area contributed by atoms with Crippen molar-refractivity contribution < 1.29 is 17.4 Å². The molecule has 2 unspecified atom stereocenters. The predicted octanol–water partition coefficient (Wildman–Crippen LogP) is 6.50. The number of alkyl halides is 3. The first-order valence-electron chi connectivity index (χ1n) is 9.20. The number of fused-ring (bicyclic) bond motifs is 1. The van der Waals surface area contributed by atoms with Crippen molar-refractivity contribution >= 4 is 39.2 Å². The fourth-order valence-corrected chi connectivity index (χ4v) is 4.46. The van der Waals surface area contributed by atoms with Gasteiger partial charge in [-0.15, -0.1) is 0 Å². The predicted molar refractivity (Wildman–Crippen MR) is 114 cm³/mol. The van der Waals surface area contributed by atoms with Crippen LogP contribution in [0.4, 0.5) is 18.9 Å². The number of benzene rings is 2. The molecule has 1 heterocycles. The van der Waals surface area contributed by atoms with E-state index < -0.39 is 29.1 Å². The Bertz CT molecular complexity index is 1020. The van der Waals surface area contributed by atoms with Gasteiger partial charge in [-0.05, 0) is 48.7 Å². The fraction of sp³-hybridized carbons (Fsp3) is 0.333. The molecule has 0 saturated heterocycles. The third-order valence-corrected chi connectivity index (χ3v) is 6.00. The second kappa shape index (κ2) is 8.40. The summed E-state index contributed by atoms with van der Waals surface area (Å²) in [6.07, 6.45) is -1.46. The molecule has 0 radical (unpaired) electrons. The summed E-state index contributed by atoms with van der Waals surface area (Å²) >= 11 is 6.02. The molecular weight excluding hydrogens is 421 g/mol. The van der Waals surface area contributed by atoms with Gasteiger partial charge in [-0.25, -0.2) is 4.21 Å². The number of halogens is 4. The average Bonchev–Trinajstić information content (AvgIpc) is 3.08. The SMILES string of the molecule is CCC(CCC(F)(F)F)(c1ccc(Cl)cc1)n1ccc2c(NS(C)=O)cccc21. The van der Waals surface area contributed by atoms with E-state index in [9.17, 15) is 17.4 Å². The highest BCUT2D eigenvalue weighted by molar-refractivity contribution is 7.85. The van der Waals surface area contributed by atoms with Gasteiger partial charge in [0, 0.05) is 29.3 Å². The zero-order chi connectivity index (χ0) is 21.2. The summed E-state index contributed by atoms with van der Waals surface area (Å²) in [5, 5.41) is 1.34. The van der Waals surface area contributed by atoms with Crippen LogP contribution in [0.25, 0.3) is 10.9 Å². The van der Waals surface area contributed by atoms with Crippen LogP contribution in [0, 0.1) is 0 Å². The number of hydrogen-bond acceptors (Lipinski definition) is 1. The third kappa shape index (κ3) is 4.61. The Labute approximate surface area is 175 Å². The lowest BCUT2D eigenvalue weighted by Gasteiger charge is -2.37. The van der Waals surface area contributed by atoms with Gasteiger partial charge < -0.3 is 9.29 Å². The second-order valence-corrected chi connectivity index (χ2v) is 8.54. The Morgan fingerprint density at radius 1 is 1.07 bits per heavy atom. The topological polar surface area (TPSA) is 34.0 Å². The van der Waals surface area contributed by atoms with E-state index in [-0.39, 0.29) is 6.42 Å². The van der Waals surface area contributed by atoms with Gasteiger partial charge in [0.25, 0.3) is 0 Å². The molecule has 0 saturated carbocycles. The molecule has 0 aliphatic heterocycles. The van der Waals surface area contributed by atoms with E-state index in [2.05, 4.69) is 4.72 Å². The van der Waals surface area contributed by atoms with E-state index in [0.717, 1.165) is 16.5 Å². The highest BCUT2D eigenvalue weighted by Gasteiger charge is 2.38. The van der Waals surface area contributed by atoms with Crippen LogP contribution in [0.15, 0.2) is 54.7 Å². The molecular formula is C21H22ClF3N2OS. The van der Waals surface area contributed by atoms with E-state index in [0.29, 0.717) is 17.1 Å². The lowest BCUT2D eigenvalue weighted by Crippen LogP contribution is -2.35. The Morgan fingerprint density at radius 2 is 1.76 bits per heavy atom. The monoisotopic (exact) mass is 442 g/mol. The Kier molecular flexibility index (Phi) is 6.29. The van der Waals surface area contributed by atoms with E-state index in [1.54, 1.807) is 36.4 Å². The molecule has 2 aromatic carbocycles. The Hall–Kier alpha value is -1.99. The zero-order valence-corrected chi connectivity index (χ0v) is 17.7. The number of rotatable bonds is 7. The van der Waals surface area contributed by atoms with Crippen molar-refractivity contribution in [3.8, 4) is 0 Å². The molecule has 3 nitrogen and oxygen atoms in total. The maximum Gasteiger partial charge on any atom is 0.389 e. The van der Waals surface area contributed by atoms with Gasteiger partial charge in [-0.3, -0.25) is 0 Å². The molecule has 29 heavy (non-hydrogen) atoms. The first-order chi connectivity index (χ1) is 13.7. The van der Waals surface area contributed by atoms with Crippen LogP contribution in [0.3, 0.4) is 0 Å². The van der Waals surface area contributed by atoms with Crippen molar-refractivity contribution in [1.29, 1.82) is 0 Å². The minimum Gasteiger partial charge on any atom is -0.337 e. The fourth-order valence-electron chi connectivity index (χ4n) is 3.85. The van der Waals surface area contributed by atoms with Gasteiger partial charge in [0.1, 0.15) is 11.0 Å². The second-order valence-electron chi connectivity index (χ2n) is 6.99. The average molecular weight is 443 g/mol. The lowest BCUT2D eigenvalue weighted by atomic mass is 9.82. The number of anilines is 1. The molecule has 0 aliphatic rings. The highest BCUT2D eigenvalue weighted by Crippen LogP contribution is 2.41. The standard InChI is InChI=1S/C21H22ClF3N2OS/c1-3-20(12-13-21(23,24)25,15-7-9-16(22)10-8-15)27-14-11-17-18(26-29(2)28)5-4-6-19(17)27/h4-11,14,26H,3,12-13H2,1-2H3. The van der Waals surface area contributed by atoms with Crippen LogP contribution in [0.2, 0.25) is 5.02 Å². The minimum absolute atomic E-state index is 0.101. The quantitative estimate of drug-likeness (QED) is 0.445. The smallest absolute Gasteiger partial charge is 0.337 e. The molecule has 1 N–H and O–H groups in total. The summed E-state index contributed by atoms with van der Waals surface area (Å²) in [6.45, 7) is 1.89. The normalized spacial score (nSPS) is 15.2. The summed E-state index contributed by atoms with van der Waals surface area (Å²) in [6, 6.07) is 14.3. The first kappa shape index (κ1) is 21.7. The number of hydrogen-bond donors (Lipinski definition) is 1. The van der Waals surface area contributed by atoms with E-state index in [4.69, 9.17) is 11.6 Å². The molecule has 3 aromatic rings. The van der Waals surface area contributed by atoms with Crippen LogP contribution in [-0.2, 0) is 16.5 Å². The van der Waals surface area contributed by atoms with Crippen LogP contribution in [-0.4, -0.2) is 21.2 Å². The van der Waals surface area contributed by atoms with Crippen molar-refractivity contribution in [2.75, 3.05) is 11.0 Å². The largest absolute Gasteiger partial charge is 0.389 e. The maximum atomic E-state index is 13.2. The Morgan fingerprint density at radius 3 is 2.34 bits per heavy atom. The number of nitrogens with one attached hydrogen (secondary N) is 1. The lowest BCUT2D eigenvalue weighted by molar-refractivity contribution is -0.139. The van der Waals surface area contributed by atoms with Gasteiger partial charge in [0.15, 0.2) is 0 Å². The van der Waals surface area contributed by atoms with Gasteiger partial charge in [0.05, 0.1) is 16.7 Å². The minimum atomic E-state index is -4.26. The van der Waals surface area contributed by atoms with Crippen LogP contribution < -0.4 is 4.72 Å². The number of aromatic nitrogens is 1. The zero-order valence-electron chi connectivity index (χ0n) is 16.1. The van der Waals surface area contributed by atoms with Gasteiger partial charge in [-0.1, -0.05) is 36.7 Å². The molecule has 0 amide bonds. The summed E-state index contributed by atoms with van der Waals surface area (Å²) in [5.41, 5.74) is 1.33. The molecule has 0 bridgehead atoms. The molecule has 0 aliphatic carbocycles. The van der Waals surface area contributed by atoms with Crippen LogP contribution in [0.1, 0.15) is 31.7 Å². The van der Waals surface area contributed by atoms with Crippen molar-refractivity contribution in [3.05, 3.63) is 65.3 Å². The van der Waals surface area contributed by atoms with E-state index in [1.165, 1.54) is 6.26 Å². The van der Waals surface area contributed by atoms with Gasteiger partial charge >= 0.3 is 6.18 Å². The summed E-state index contributed by atoms with van der Waals surface area (Å²) in [4.78, 5) is 0. The molecule has 156 valence electrons. The van der Waals surface area contributed by atoms with Crippen molar-refractivity contribution in [3.63, 3.8) is 0 Å². The van der Waals surface area contributed by atoms with Gasteiger partial charge in [-0.2, -0.15) is 13.2 Å².